The number of nitrogens with one attached hydrogen (secondary N) is 1. The monoisotopic (exact) mass is 488 g/mol. The van der Waals surface area contributed by atoms with E-state index in [0.29, 0.717) is 12.2 Å². The lowest BCUT2D eigenvalue weighted by molar-refractivity contribution is 0.0785. The van der Waals surface area contributed by atoms with Gasteiger partial charge in [-0.1, -0.05) is 46.3 Å². The van der Waals surface area contributed by atoms with Gasteiger partial charge in [0, 0.05) is 29.3 Å². The highest BCUT2D eigenvalue weighted by Gasteiger charge is 2.23. The molecule has 0 radical (unpaired) electrons. The predicted octanol–water partition coefficient (Wildman–Crippen LogP) is 4.53. The summed E-state index contributed by atoms with van der Waals surface area (Å²) >= 11 is 3.32. The molecule has 0 aliphatic rings. The van der Waals surface area contributed by atoms with Gasteiger partial charge in [-0.3, -0.25) is 9.52 Å². The third kappa shape index (κ3) is 5.20. The molecule has 0 saturated carbocycles. The van der Waals surface area contributed by atoms with Gasteiger partial charge in [-0.2, -0.15) is 0 Å². The smallest absolute Gasteiger partial charge is 0.265 e. The van der Waals surface area contributed by atoms with Crippen LogP contribution in [0.25, 0.3) is 0 Å². The van der Waals surface area contributed by atoms with E-state index in [4.69, 9.17) is 4.74 Å². The van der Waals surface area contributed by atoms with E-state index in [1.54, 1.807) is 37.4 Å². The number of amides is 1. The molecule has 0 fully saturated rings. The number of halogens is 1. The topological polar surface area (TPSA) is 75.7 Å². The molecule has 3 aromatic rings. The van der Waals surface area contributed by atoms with E-state index in [2.05, 4.69) is 20.7 Å². The lowest BCUT2D eigenvalue weighted by Crippen LogP contribution is -2.26. The maximum atomic E-state index is 13.0. The number of ether oxygens (including phenoxy) is 1. The third-order valence-corrected chi connectivity index (χ3v) is 6.34. The van der Waals surface area contributed by atoms with E-state index in [1.807, 2.05) is 30.3 Å². The van der Waals surface area contributed by atoms with E-state index in [-0.39, 0.29) is 22.1 Å². The van der Waals surface area contributed by atoms with Gasteiger partial charge in [0.05, 0.1) is 7.11 Å². The van der Waals surface area contributed by atoms with Crippen LogP contribution in [-0.4, -0.2) is 33.4 Å². The number of carbonyl (C=O) groups is 1. The maximum absolute atomic E-state index is 13.0. The second-order valence-electron chi connectivity index (χ2n) is 6.62. The predicted molar refractivity (Wildman–Crippen MR) is 120 cm³/mol. The third-order valence-electron chi connectivity index (χ3n) is 4.41. The van der Waals surface area contributed by atoms with Crippen molar-refractivity contribution in [2.45, 2.75) is 11.4 Å². The van der Waals surface area contributed by atoms with Crippen molar-refractivity contribution in [1.82, 2.24) is 4.90 Å². The fraction of sp³-hybridized carbons (Fsp3) is 0.136. The molecule has 0 spiro atoms. The summed E-state index contributed by atoms with van der Waals surface area (Å²) in [5, 5.41) is 0. The Morgan fingerprint density at radius 3 is 2.33 bits per heavy atom. The molecule has 0 aromatic heterocycles. The Kier molecular flexibility index (Phi) is 6.79. The molecule has 6 nitrogen and oxygen atoms in total. The highest BCUT2D eigenvalue weighted by molar-refractivity contribution is 9.10. The zero-order valence-corrected chi connectivity index (χ0v) is 18.9. The number of hydrogen-bond donors (Lipinski definition) is 1. The number of sulfonamides is 1. The van der Waals surface area contributed by atoms with Gasteiger partial charge < -0.3 is 9.64 Å². The summed E-state index contributed by atoms with van der Waals surface area (Å²) in [6.45, 7) is 0.408. The van der Waals surface area contributed by atoms with Crippen molar-refractivity contribution in [3.8, 4) is 5.75 Å². The molecule has 0 atom stereocenters. The van der Waals surface area contributed by atoms with Gasteiger partial charge in [0.2, 0.25) is 0 Å². The van der Waals surface area contributed by atoms with Crippen LogP contribution in [0.5, 0.6) is 5.75 Å². The van der Waals surface area contributed by atoms with Crippen molar-refractivity contribution < 1.29 is 17.9 Å². The number of hydrogen-bond acceptors (Lipinski definition) is 4. The first kappa shape index (κ1) is 21.9. The van der Waals surface area contributed by atoms with Crippen molar-refractivity contribution in [1.29, 1.82) is 0 Å². The van der Waals surface area contributed by atoms with E-state index >= 15 is 0 Å². The van der Waals surface area contributed by atoms with E-state index < -0.39 is 10.0 Å². The molecule has 0 aliphatic carbocycles. The molecular formula is C22H21BrN2O4S. The SMILES string of the molecule is COc1ccc(C(=O)N(C)Cc2ccccc2)cc1S(=O)(=O)Nc1ccc(Br)cc1. The Labute approximate surface area is 184 Å². The first-order chi connectivity index (χ1) is 14.3. The fourth-order valence-corrected chi connectivity index (χ4v) is 4.42. The average molecular weight is 489 g/mol. The second-order valence-corrected chi connectivity index (χ2v) is 9.19. The summed E-state index contributed by atoms with van der Waals surface area (Å²) < 4.78 is 34.5. The molecule has 0 saturated heterocycles. The minimum absolute atomic E-state index is 0.105. The largest absolute Gasteiger partial charge is 0.495 e. The Hall–Kier alpha value is -2.84. The average Bonchev–Trinajstić information content (AvgIpc) is 2.75. The molecule has 8 heteroatoms. The van der Waals surface area contributed by atoms with Crippen molar-refractivity contribution >= 4 is 37.5 Å². The van der Waals surface area contributed by atoms with Crippen LogP contribution >= 0.6 is 15.9 Å². The summed E-state index contributed by atoms with van der Waals surface area (Å²) in [5.41, 5.74) is 1.63. The number of nitrogens with zero attached hydrogens (tertiary/aromatic N) is 1. The van der Waals surface area contributed by atoms with E-state index in [0.717, 1.165) is 10.0 Å². The molecule has 1 amide bonds. The van der Waals surface area contributed by atoms with Crippen LogP contribution < -0.4 is 9.46 Å². The highest BCUT2D eigenvalue weighted by atomic mass is 79.9. The Morgan fingerprint density at radius 2 is 1.70 bits per heavy atom. The van der Waals surface area contributed by atoms with Crippen molar-refractivity contribution in [2.75, 3.05) is 18.9 Å². The summed E-state index contributed by atoms with van der Waals surface area (Å²) in [7, 11) is -0.910. The zero-order chi connectivity index (χ0) is 21.7. The van der Waals surface area contributed by atoms with E-state index in [1.165, 1.54) is 24.1 Å². The lowest BCUT2D eigenvalue weighted by atomic mass is 10.1. The van der Waals surface area contributed by atoms with Crippen molar-refractivity contribution in [3.63, 3.8) is 0 Å². The molecule has 0 bridgehead atoms. The minimum Gasteiger partial charge on any atom is -0.495 e. The Balaban J connectivity index is 1.88. The Bertz CT molecular complexity index is 1130. The van der Waals surface area contributed by atoms with Crippen LogP contribution in [0.4, 0.5) is 5.69 Å². The number of benzene rings is 3. The number of anilines is 1. The van der Waals surface area contributed by atoms with Crippen molar-refractivity contribution in [3.05, 3.63) is 88.4 Å². The Morgan fingerprint density at radius 1 is 1.03 bits per heavy atom. The molecule has 156 valence electrons. The van der Waals surface area contributed by atoms with Gasteiger partial charge in [-0.15, -0.1) is 0 Å². The molecule has 3 rings (SSSR count). The molecule has 0 aliphatic heterocycles. The summed E-state index contributed by atoms with van der Waals surface area (Å²) in [5.74, 6) is -0.136. The molecule has 30 heavy (non-hydrogen) atoms. The maximum Gasteiger partial charge on any atom is 0.265 e. The van der Waals surface area contributed by atoms with E-state index in [9.17, 15) is 13.2 Å². The van der Waals surface area contributed by atoms with Crippen LogP contribution in [0.1, 0.15) is 15.9 Å². The number of carbonyl (C=O) groups excluding carboxylic acids is 1. The van der Waals surface area contributed by atoms with Crippen LogP contribution in [0.2, 0.25) is 0 Å². The second kappa shape index (κ2) is 9.32. The van der Waals surface area contributed by atoms with Crippen LogP contribution in [-0.2, 0) is 16.6 Å². The summed E-state index contributed by atoms with van der Waals surface area (Å²) in [6.07, 6.45) is 0. The lowest BCUT2D eigenvalue weighted by Gasteiger charge is -2.19. The van der Waals surface area contributed by atoms with Gasteiger partial charge in [-0.25, -0.2) is 8.42 Å². The first-order valence-electron chi connectivity index (χ1n) is 9.06. The van der Waals surface area contributed by atoms with Gasteiger partial charge in [-0.05, 0) is 48.0 Å². The summed E-state index contributed by atoms with van der Waals surface area (Å²) in [4.78, 5) is 14.3. The first-order valence-corrected chi connectivity index (χ1v) is 11.3. The van der Waals surface area contributed by atoms with Crippen LogP contribution in [0, 0.1) is 0 Å². The van der Waals surface area contributed by atoms with Crippen molar-refractivity contribution in [2.24, 2.45) is 0 Å². The highest BCUT2D eigenvalue weighted by Crippen LogP contribution is 2.28. The zero-order valence-electron chi connectivity index (χ0n) is 16.5. The quantitative estimate of drug-likeness (QED) is 0.529. The van der Waals surface area contributed by atoms with Crippen LogP contribution in [0.15, 0.2) is 82.2 Å². The number of rotatable bonds is 7. The molecule has 1 N–H and O–H groups in total. The van der Waals surface area contributed by atoms with Crippen LogP contribution in [0.3, 0.4) is 0 Å². The van der Waals surface area contributed by atoms with Gasteiger partial charge in [0.1, 0.15) is 10.6 Å². The van der Waals surface area contributed by atoms with Gasteiger partial charge in [0.25, 0.3) is 15.9 Å². The molecular weight excluding hydrogens is 468 g/mol. The van der Waals surface area contributed by atoms with Gasteiger partial charge in [0.15, 0.2) is 0 Å². The molecule has 0 unspecified atom stereocenters. The number of methoxy groups -OCH3 is 1. The standard InChI is InChI=1S/C22H21BrN2O4S/c1-25(15-16-6-4-3-5-7-16)22(26)17-8-13-20(29-2)21(14-17)30(27,28)24-19-11-9-18(23)10-12-19/h3-14,24H,15H2,1-2H3. The molecule has 0 heterocycles. The normalized spacial score (nSPS) is 11.0. The summed E-state index contributed by atoms with van der Waals surface area (Å²) in [6, 6.07) is 20.7. The minimum atomic E-state index is -3.97. The molecule has 3 aromatic carbocycles. The van der Waals surface area contributed by atoms with Gasteiger partial charge >= 0.3 is 0 Å². The fourth-order valence-electron chi connectivity index (χ4n) is 2.90.